The molecule has 4 aromatic heterocycles. The molecule has 220 valence electrons. The quantitative estimate of drug-likeness (QED) is 0.134. The third-order valence-corrected chi connectivity index (χ3v) is 6.76. The van der Waals surface area contributed by atoms with Crippen molar-refractivity contribution in [3.05, 3.63) is 110 Å². The van der Waals surface area contributed by atoms with E-state index in [4.69, 9.17) is 23.7 Å². The molecular formula is C34H34N4O5. The first kappa shape index (κ1) is 28.4. The Hall–Kier alpha value is -4.70. The standard InChI is InChI=1S/C34H34N4O5/c1-3-15-37-25-31(35-33(37)5-1)27-7-11-29(12-8-27)42-23-21-40-19-17-39-18-20-41-22-24-43-30-13-9-28(10-14-30)32-26-38-16-4-2-6-34(38)36-32/h1-16,25-26H,17-24H2. The summed E-state index contributed by atoms with van der Waals surface area (Å²) in [6.07, 6.45) is 8.03. The van der Waals surface area contributed by atoms with Gasteiger partial charge in [-0.2, -0.15) is 0 Å². The van der Waals surface area contributed by atoms with E-state index in [9.17, 15) is 0 Å². The van der Waals surface area contributed by atoms with E-state index in [-0.39, 0.29) is 0 Å². The highest BCUT2D eigenvalue weighted by Crippen LogP contribution is 2.23. The molecular weight excluding hydrogens is 544 g/mol. The van der Waals surface area contributed by atoms with Crippen molar-refractivity contribution < 1.29 is 23.7 Å². The van der Waals surface area contributed by atoms with E-state index in [1.807, 2.05) is 119 Å². The van der Waals surface area contributed by atoms with Gasteiger partial charge in [0.15, 0.2) is 0 Å². The molecule has 0 fully saturated rings. The number of benzene rings is 2. The summed E-state index contributed by atoms with van der Waals surface area (Å²) in [4.78, 5) is 9.30. The molecule has 0 radical (unpaired) electrons. The summed E-state index contributed by atoms with van der Waals surface area (Å²) in [7, 11) is 0. The van der Waals surface area contributed by atoms with Crippen molar-refractivity contribution in [2.24, 2.45) is 0 Å². The lowest BCUT2D eigenvalue weighted by Gasteiger charge is -2.09. The number of ether oxygens (including phenoxy) is 5. The van der Waals surface area contributed by atoms with Crippen LogP contribution >= 0.6 is 0 Å². The van der Waals surface area contributed by atoms with Gasteiger partial charge in [0, 0.05) is 35.9 Å². The molecule has 0 amide bonds. The van der Waals surface area contributed by atoms with Crippen molar-refractivity contribution in [2.75, 3.05) is 52.9 Å². The molecule has 0 bridgehead atoms. The van der Waals surface area contributed by atoms with Crippen molar-refractivity contribution in [3.8, 4) is 34.0 Å². The predicted octanol–water partition coefficient (Wildman–Crippen LogP) is 5.82. The third-order valence-electron chi connectivity index (χ3n) is 6.76. The Morgan fingerprint density at radius 1 is 0.442 bits per heavy atom. The van der Waals surface area contributed by atoms with Gasteiger partial charge in [-0.3, -0.25) is 0 Å². The number of hydrogen-bond donors (Lipinski definition) is 0. The minimum Gasteiger partial charge on any atom is -0.491 e. The molecule has 4 heterocycles. The lowest BCUT2D eigenvalue weighted by atomic mass is 10.2. The molecule has 0 spiro atoms. The lowest BCUT2D eigenvalue weighted by molar-refractivity contribution is 0.00499. The Labute approximate surface area is 250 Å². The molecule has 9 nitrogen and oxygen atoms in total. The summed E-state index contributed by atoms with van der Waals surface area (Å²) in [5.41, 5.74) is 5.81. The Bertz CT molecular complexity index is 1520. The average Bonchev–Trinajstić information content (AvgIpc) is 3.69. The Balaban J connectivity index is 0.769. The van der Waals surface area contributed by atoms with Gasteiger partial charge in [-0.15, -0.1) is 0 Å². The van der Waals surface area contributed by atoms with Crippen LogP contribution < -0.4 is 9.47 Å². The van der Waals surface area contributed by atoms with E-state index in [1.54, 1.807) is 0 Å². The van der Waals surface area contributed by atoms with E-state index in [0.29, 0.717) is 52.9 Å². The molecule has 0 unspecified atom stereocenters. The first-order valence-corrected chi connectivity index (χ1v) is 14.4. The molecule has 0 aliphatic heterocycles. The second-order valence-electron chi connectivity index (χ2n) is 9.77. The Morgan fingerprint density at radius 2 is 0.837 bits per heavy atom. The van der Waals surface area contributed by atoms with Gasteiger partial charge in [0.1, 0.15) is 36.0 Å². The molecule has 0 saturated carbocycles. The first-order valence-electron chi connectivity index (χ1n) is 14.4. The summed E-state index contributed by atoms with van der Waals surface area (Å²) >= 11 is 0. The normalized spacial score (nSPS) is 11.3. The first-order chi connectivity index (χ1) is 21.3. The monoisotopic (exact) mass is 578 g/mol. The number of rotatable bonds is 16. The van der Waals surface area contributed by atoms with Gasteiger partial charge in [-0.25, -0.2) is 9.97 Å². The molecule has 9 heteroatoms. The topological polar surface area (TPSA) is 80.8 Å². The zero-order chi connectivity index (χ0) is 29.1. The SMILES string of the molecule is c1ccn2cc(-c3ccc(OCCOCCOCCOCCOc4ccc(-c5cn6ccccc6n5)cc4)cc3)nc2c1. The van der Waals surface area contributed by atoms with E-state index in [1.165, 1.54) is 0 Å². The predicted molar refractivity (Wildman–Crippen MR) is 165 cm³/mol. The van der Waals surface area contributed by atoms with Crippen LogP contribution in [-0.4, -0.2) is 71.6 Å². The molecule has 0 N–H and O–H groups in total. The van der Waals surface area contributed by atoms with Crippen LogP contribution in [0, 0.1) is 0 Å². The molecule has 6 aromatic rings. The van der Waals surface area contributed by atoms with Crippen LogP contribution in [0.1, 0.15) is 0 Å². The zero-order valence-electron chi connectivity index (χ0n) is 23.9. The third kappa shape index (κ3) is 7.78. The molecule has 0 atom stereocenters. The number of imidazole rings is 2. The highest BCUT2D eigenvalue weighted by Gasteiger charge is 2.06. The fourth-order valence-electron chi connectivity index (χ4n) is 4.57. The second-order valence-corrected chi connectivity index (χ2v) is 9.77. The van der Waals surface area contributed by atoms with Gasteiger partial charge < -0.3 is 32.5 Å². The van der Waals surface area contributed by atoms with Crippen molar-refractivity contribution in [3.63, 3.8) is 0 Å². The number of nitrogens with zero attached hydrogens (tertiary/aromatic N) is 4. The smallest absolute Gasteiger partial charge is 0.137 e. The van der Waals surface area contributed by atoms with Crippen molar-refractivity contribution >= 4 is 11.3 Å². The Kier molecular flexibility index (Phi) is 9.56. The number of hydrogen-bond acceptors (Lipinski definition) is 7. The van der Waals surface area contributed by atoms with Crippen LogP contribution in [0.25, 0.3) is 33.8 Å². The molecule has 43 heavy (non-hydrogen) atoms. The maximum Gasteiger partial charge on any atom is 0.137 e. The van der Waals surface area contributed by atoms with Gasteiger partial charge in [-0.05, 0) is 72.8 Å². The van der Waals surface area contributed by atoms with Crippen LogP contribution in [0.3, 0.4) is 0 Å². The molecule has 0 saturated heterocycles. The van der Waals surface area contributed by atoms with Crippen LogP contribution in [0.5, 0.6) is 11.5 Å². The van der Waals surface area contributed by atoms with Crippen molar-refractivity contribution in [2.45, 2.75) is 0 Å². The number of pyridine rings is 2. The maximum absolute atomic E-state index is 5.78. The summed E-state index contributed by atoms with van der Waals surface area (Å²) in [6, 6.07) is 27.8. The summed E-state index contributed by atoms with van der Waals surface area (Å²) in [5.74, 6) is 1.60. The second kappa shape index (κ2) is 14.5. The van der Waals surface area contributed by atoms with Gasteiger partial charge in [0.25, 0.3) is 0 Å². The highest BCUT2D eigenvalue weighted by molar-refractivity contribution is 5.64. The summed E-state index contributed by atoms with van der Waals surface area (Å²) in [6.45, 7) is 3.95. The minimum atomic E-state index is 0.472. The minimum absolute atomic E-state index is 0.472. The average molecular weight is 579 g/mol. The molecule has 0 aliphatic carbocycles. The van der Waals surface area contributed by atoms with Gasteiger partial charge >= 0.3 is 0 Å². The molecule has 0 aliphatic rings. The van der Waals surface area contributed by atoms with Gasteiger partial charge in [0.2, 0.25) is 0 Å². The molecule has 2 aromatic carbocycles. The van der Waals surface area contributed by atoms with E-state index < -0.39 is 0 Å². The van der Waals surface area contributed by atoms with Crippen molar-refractivity contribution in [1.29, 1.82) is 0 Å². The number of aromatic nitrogens is 4. The summed E-state index contributed by atoms with van der Waals surface area (Å²) in [5, 5.41) is 0. The maximum atomic E-state index is 5.78. The van der Waals surface area contributed by atoms with Gasteiger partial charge in [0.05, 0.1) is 51.0 Å². The van der Waals surface area contributed by atoms with Crippen LogP contribution in [0.2, 0.25) is 0 Å². The fraction of sp³-hybridized carbons (Fsp3) is 0.235. The van der Waals surface area contributed by atoms with Gasteiger partial charge in [-0.1, -0.05) is 12.1 Å². The molecule has 6 rings (SSSR count). The van der Waals surface area contributed by atoms with Crippen LogP contribution in [0.4, 0.5) is 0 Å². The van der Waals surface area contributed by atoms with Crippen molar-refractivity contribution in [1.82, 2.24) is 18.8 Å². The van der Waals surface area contributed by atoms with E-state index in [2.05, 4.69) is 9.97 Å². The van der Waals surface area contributed by atoms with Crippen LogP contribution in [-0.2, 0) is 14.2 Å². The van der Waals surface area contributed by atoms with Crippen LogP contribution in [0.15, 0.2) is 110 Å². The van der Waals surface area contributed by atoms with E-state index in [0.717, 1.165) is 45.3 Å². The highest BCUT2D eigenvalue weighted by atomic mass is 16.6. The fourth-order valence-corrected chi connectivity index (χ4v) is 4.57. The zero-order valence-corrected chi connectivity index (χ0v) is 23.9. The summed E-state index contributed by atoms with van der Waals surface area (Å²) < 4.78 is 32.4. The lowest BCUT2D eigenvalue weighted by Crippen LogP contribution is -2.14. The number of fused-ring (bicyclic) bond motifs is 2. The van der Waals surface area contributed by atoms with E-state index >= 15 is 0 Å². The Morgan fingerprint density at radius 3 is 1.23 bits per heavy atom. The largest absolute Gasteiger partial charge is 0.491 e.